The summed E-state index contributed by atoms with van der Waals surface area (Å²) in [5.74, 6) is 0.338. The number of rotatable bonds is 3. The number of para-hydroxylation sites is 1. The largest absolute Gasteiger partial charge is 0.325 e. The molecule has 0 atom stereocenters. The lowest BCUT2D eigenvalue weighted by atomic mass is 10.3. The zero-order chi connectivity index (χ0) is 13.9. The van der Waals surface area contributed by atoms with Crippen LogP contribution < -0.4 is 5.32 Å². The second kappa shape index (κ2) is 5.46. The predicted octanol–water partition coefficient (Wildman–Crippen LogP) is 4.52. The molecule has 0 unspecified atom stereocenters. The van der Waals surface area contributed by atoms with Crippen molar-refractivity contribution in [1.29, 1.82) is 0 Å². The van der Waals surface area contributed by atoms with Crippen LogP contribution in [0.2, 0.25) is 0 Å². The number of hydrogen-bond donors (Lipinski definition) is 1. The molecule has 1 N–H and O–H groups in total. The van der Waals surface area contributed by atoms with Crippen molar-refractivity contribution in [2.24, 2.45) is 0 Å². The first kappa shape index (κ1) is 12.9. The summed E-state index contributed by atoms with van der Waals surface area (Å²) in [7, 11) is 0. The van der Waals surface area contributed by atoms with Gasteiger partial charge in [-0.3, -0.25) is 4.57 Å². The topological polar surface area (TPSA) is 29.9 Å². The molecule has 0 aliphatic rings. The van der Waals surface area contributed by atoms with Gasteiger partial charge in [0.05, 0.1) is 5.69 Å². The lowest BCUT2D eigenvalue weighted by Gasteiger charge is -2.11. The van der Waals surface area contributed by atoms with Gasteiger partial charge in [0.25, 0.3) is 0 Å². The van der Waals surface area contributed by atoms with Gasteiger partial charge in [-0.15, -0.1) is 0 Å². The second-order valence-corrected chi connectivity index (χ2v) is 5.06. The van der Waals surface area contributed by atoms with Gasteiger partial charge in [-0.2, -0.15) is 0 Å². The fourth-order valence-corrected chi connectivity index (χ4v) is 2.35. The van der Waals surface area contributed by atoms with E-state index in [-0.39, 0.29) is 5.82 Å². The molecule has 100 valence electrons. The average Bonchev–Trinajstić information content (AvgIpc) is 2.91. The van der Waals surface area contributed by atoms with Gasteiger partial charge in [0.2, 0.25) is 5.95 Å². The molecule has 2 aromatic carbocycles. The van der Waals surface area contributed by atoms with Crippen LogP contribution >= 0.6 is 15.9 Å². The molecule has 20 heavy (non-hydrogen) atoms. The second-order valence-electron chi connectivity index (χ2n) is 4.21. The highest BCUT2D eigenvalue weighted by Gasteiger charge is 2.09. The number of nitrogens with zero attached hydrogens (tertiary/aromatic N) is 2. The summed E-state index contributed by atoms with van der Waals surface area (Å²) in [5.41, 5.74) is 1.62. The fraction of sp³-hybridized carbons (Fsp3) is 0. The summed E-state index contributed by atoms with van der Waals surface area (Å²) < 4.78 is 16.0. The van der Waals surface area contributed by atoms with Crippen molar-refractivity contribution in [3.8, 4) is 5.69 Å². The highest BCUT2D eigenvalue weighted by Crippen LogP contribution is 2.26. The third-order valence-corrected chi connectivity index (χ3v) is 3.51. The van der Waals surface area contributed by atoms with Gasteiger partial charge < -0.3 is 5.32 Å². The molecule has 0 saturated carbocycles. The van der Waals surface area contributed by atoms with Gasteiger partial charge in [-0.05, 0) is 46.3 Å². The van der Waals surface area contributed by atoms with Gasteiger partial charge in [0.1, 0.15) is 5.82 Å². The van der Waals surface area contributed by atoms with Crippen LogP contribution in [0, 0.1) is 5.82 Å². The first-order valence-corrected chi connectivity index (χ1v) is 6.84. The van der Waals surface area contributed by atoms with Gasteiger partial charge in [0.15, 0.2) is 0 Å². The van der Waals surface area contributed by atoms with Crippen LogP contribution in [0.15, 0.2) is 65.4 Å². The van der Waals surface area contributed by atoms with Gasteiger partial charge >= 0.3 is 0 Å². The molecule has 1 heterocycles. The molecule has 0 saturated heterocycles. The van der Waals surface area contributed by atoms with Crippen LogP contribution in [0.5, 0.6) is 0 Å². The highest BCUT2D eigenvalue weighted by atomic mass is 79.9. The first-order chi connectivity index (χ1) is 9.74. The Labute approximate surface area is 124 Å². The van der Waals surface area contributed by atoms with E-state index in [1.165, 1.54) is 12.1 Å². The number of hydrogen-bond acceptors (Lipinski definition) is 2. The minimum absolute atomic E-state index is 0.289. The summed E-state index contributed by atoms with van der Waals surface area (Å²) >= 11 is 3.43. The van der Waals surface area contributed by atoms with E-state index in [0.29, 0.717) is 11.6 Å². The molecule has 0 aliphatic carbocycles. The normalized spacial score (nSPS) is 10.5. The monoisotopic (exact) mass is 331 g/mol. The standard InChI is InChI=1S/C15H11BrFN3/c16-13-7-6-11(17)10-14(13)20-9-8-18-15(20)19-12-4-2-1-3-5-12/h1-10H,(H,18,19). The maximum absolute atomic E-state index is 13.4. The molecule has 0 aliphatic heterocycles. The van der Waals surface area contributed by atoms with E-state index in [1.54, 1.807) is 23.0 Å². The Kier molecular flexibility index (Phi) is 3.52. The van der Waals surface area contributed by atoms with Crippen LogP contribution in [0.3, 0.4) is 0 Å². The van der Waals surface area contributed by atoms with Crippen LogP contribution in [0.25, 0.3) is 5.69 Å². The summed E-state index contributed by atoms with van der Waals surface area (Å²) in [5, 5.41) is 3.21. The number of aromatic nitrogens is 2. The van der Waals surface area contributed by atoms with Gasteiger partial charge in [0, 0.05) is 22.6 Å². The van der Waals surface area contributed by atoms with Crippen LogP contribution in [0.4, 0.5) is 16.0 Å². The molecule has 5 heteroatoms. The smallest absolute Gasteiger partial charge is 0.212 e. The van der Waals surface area contributed by atoms with E-state index in [2.05, 4.69) is 26.2 Å². The van der Waals surface area contributed by atoms with Crippen LogP contribution in [-0.4, -0.2) is 9.55 Å². The maximum Gasteiger partial charge on any atom is 0.212 e. The molecular weight excluding hydrogens is 321 g/mol. The quantitative estimate of drug-likeness (QED) is 0.764. The predicted molar refractivity (Wildman–Crippen MR) is 80.9 cm³/mol. The molecule has 0 radical (unpaired) electrons. The Bertz CT molecular complexity index is 725. The van der Waals surface area contributed by atoms with E-state index in [0.717, 1.165) is 10.2 Å². The molecule has 3 aromatic rings. The number of imidazole rings is 1. The van der Waals surface area contributed by atoms with Crippen molar-refractivity contribution in [3.63, 3.8) is 0 Å². The first-order valence-electron chi connectivity index (χ1n) is 6.05. The third-order valence-electron chi connectivity index (χ3n) is 2.84. The Morgan fingerprint density at radius 3 is 2.70 bits per heavy atom. The zero-order valence-corrected chi connectivity index (χ0v) is 12.0. The molecule has 0 fully saturated rings. The van der Waals surface area contributed by atoms with Gasteiger partial charge in [-0.1, -0.05) is 18.2 Å². The number of halogens is 2. The minimum Gasteiger partial charge on any atom is -0.325 e. The average molecular weight is 332 g/mol. The van der Waals surface area contributed by atoms with Crippen LogP contribution in [-0.2, 0) is 0 Å². The summed E-state index contributed by atoms with van der Waals surface area (Å²) in [6.07, 6.45) is 3.45. The molecule has 0 bridgehead atoms. The van der Waals surface area contributed by atoms with E-state index in [9.17, 15) is 4.39 Å². The lowest BCUT2D eigenvalue weighted by molar-refractivity contribution is 0.626. The molecule has 0 amide bonds. The van der Waals surface area contributed by atoms with E-state index >= 15 is 0 Å². The summed E-state index contributed by atoms with van der Waals surface area (Å²) in [6.45, 7) is 0. The van der Waals surface area contributed by atoms with Crippen molar-refractivity contribution in [3.05, 3.63) is 71.2 Å². The number of nitrogens with one attached hydrogen (secondary N) is 1. The SMILES string of the molecule is Fc1ccc(Br)c(-n2ccnc2Nc2ccccc2)c1. The highest BCUT2D eigenvalue weighted by molar-refractivity contribution is 9.10. The van der Waals surface area contributed by atoms with E-state index < -0.39 is 0 Å². The van der Waals surface area contributed by atoms with E-state index in [4.69, 9.17) is 0 Å². The Balaban J connectivity index is 2.00. The van der Waals surface area contributed by atoms with Crippen molar-refractivity contribution < 1.29 is 4.39 Å². The molecule has 3 nitrogen and oxygen atoms in total. The molecule has 3 rings (SSSR count). The third kappa shape index (κ3) is 2.58. The van der Waals surface area contributed by atoms with Crippen molar-refractivity contribution in [2.75, 3.05) is 5.32 Å². The molecule has 0 spiro atoms. The summed E-state index contributed by atoms with van der Waals surface area (Å²) in [6, 6.07) is 14.3. The van der Waals surface area contributed by atoms with Crippen molar-refractivity contribution >= 4 is 27.6 Å². The Morgan fingerprint density at radius 2 is 1.90 bits per heavy atom. The number of anilines is 2. The van der Waals surface area contributed by atoms with Crippen molar-refractivity contribution in [2.45, 2.75) is 0 Å². The molecular formula is C15H11BrFN3. The molecule has 1 aromatic heterocycles. The zero-order valence-electron chi connectivity index (χ0n) is 10.4. The van der Waals surface area contributed by atoms with Crippen molar-refractivity contribution in [1.82, 2.24) is 9.55 Å². The lowest BCUT2D eigenvalue weighted by Crippen LogP contribution is -2.02. The fourth-order valence-electron chi connectivity index (χ4n) is 1.91. The van der Waals surface area contributed by atoms with E-state index in [1.807, 2.05) is 30.3 Å². The Hall–Kier alpha value is -2.14. The number of benzene rings is 2. The Morgan fingerprint density at radius 1 is 1.10 bits per heavy atom. The minimum atomic E-state index is -0.289. The summed E-state index contributed by atoms with van der Waals surface area (Å²) in [4.78, 5) is 4.27. The maximum atomic E-state index is 13.4. The van der Waals surface area contributed by atoms with Gasteiger partial charge in [-0.25, -0.2) is 9.37 Å². The van der Waals surface area contributed by atoms with Crippen LogP contribution in [0.1, 0.15) is 0 Å².